The Labute approximate surface area is 135 Å². The van der Waals surface area contributed by atoms with E-state index in [4.69, 9.17) is 0 Å². The second-order valence-electron chi connectivity index (χ2n) is 7.27. The molecule has 0 bridgehead atoms. The minimum atomic E-state index is -1.64. The average molecular weight is 311 g/mol. The summed E-state index contributed by atoms with van der Waals surface area (Å²) in [7, 11) is 6.85. The molecule has 0 radical (unpaired) electrons. The summed E-state index contributed by atoms with van der Waals surface area (Å²) in [6.07, 6.45) is 1.07. The lowest BCUT2D eigenvalue weighted by atomic mass is 10.0. The standard InChI is InChI=1S/C19H26N2Si/c1-20(2)16-9-7-14-11-15-8-10-17(21(3)4)13-19(15)22(5,6)18(14)12-16/h7-10,12-13H,11H2,1-6H3. The number of hydrogen-bond acceptors (Lipinski definition) is 2. The number of nitrogens with zero attached hydrogens (tertiary/aromatic N) is 2. The lowest BCUT2D eigenvalue weighted by molar-refractivity contribution is 1.11. The molecule has 2 aromatic carbocycles. The van der Waals surface area contributed by atoms with E-state index < -0.39 is 8.07 Å². The van der Waals surface area contributed by atoms with Gasteiger partial charge in [0.1, 0.15) is 8.07 Å². The van der Waals surface area contributed by atoms with Crippen LogP contribution in [0.4, 0.5) is 11.4 Å². The smallest absolute Gasteiger partial charge is 0.113 e. The van der Waals surface area contributed by atoms with Crippen molar-refractivity contribution in [3.63, 3.8) is 0 Å². The van der Waals surface area contributed by atoms with Crippen molar-refractivity contribution in [3.05, 3.63) is 47.5 Å². The molecule has 0 atom stereocenters. The Bertz CT molecular complexity index is 658. The van der Waals surface area contributed by atoms with Crippen LogP contribution in [-0.2, 0) is 6.42 Å². The number of rotatable bonds is 2. The zero-order valence-corrected chi connectivity index (χ0v) is 15.6. The second-order valence-corrected chi connectivity index (χ2v) is 11.6. The highest BCUT2D eigenvalue weighted by Gasteiger charge is 2.35. The average Bonchev–Trinajstić information content (AvgIpc) is 2.46. The number of anilines is 2. The molecule has 116 valence electrons. The summed E-state index contributed by atoms with van der Waals surface area (Å²) in [5.41, 5.74) is 5.66. The van der Waals surface area contributed by atoms with E-state index in [0.29, 0.717) is 0 Å². The van der Waals surface area contributed by atoms with Gasteiger partial charge in [-0.2, -0.15) is 0 Å². The van der Waals surface area contributed by atoms with Gasteiger partial charge in [-0.3, -0.25) is 0 Å². The van der Waals surface area contributed by atoms with Crippen LogP contribution in [0.5, 0.6) is 0 Å². The highest BCUT2D eigenvalue weighted by atomic mass is 28.3. The predicted molar refractivity (Wildman–Crippen MR) is 101 cm³/mol. The SMILES string of the molecule is CN(C)c1ccc2c(c1)[Si](C)(C)c1cc(N(C)C)ccc1C2. The van der Waals surface area contributed by atoms with Crippen LogP contribution in [0.3, 0.4) is 0 Å². The van der Waals surface area contributed by atoms with Gasteiger partial charge >= 0.3 is 0 Å². The molecular formula is C19H26N2Si. The fourth-order valence-electron chi connectivity index (χ4n) is 3.51. The van der Waals surface area contributed by atoms with Crippen molar-refractivity contribution in [1.82, 2.24) is 0 Å². The first kappa shape index (κ1) is 15.2. The van der Waals surface area contributed by atoms with E-state index in [-0.39, 0.29) is 0 Å². The highest BCUT2D eigenvalue weighted by molar-refractivity contribution is 7.01. The third kappa shape index (κ3) is 2.33. The molecule has 0 unspecified atom stereocenters. The molecule has 2 aromatic rings. The third-order valence-electron chi connectivity index (χ3n) is 4.95. The molecule has 1 aliphatic heterocycles. The first-order valence-corrected chi connectivity index (χ1v) is 10.9. The van der Waals surface area contributed by atoms with Gasteiger partial charge in [0.05, 0.1) is 0 Å². The molecule has 0 N–H and O–H groups in total. The lowest BCUT2D eigenvalue weighted by Gasteiger charge is -2.35. The van der Waals surface area contributed by atoms with E-state index >= 15 is 0 Å². The van der Waals surface area contributed by atoms with Crippen molar-refractivity contribution < 1.29 is 0 Å². The Hall–Kier alpha value is -1.74. The van der Waals surface area contributed by atoms with Gasteiger partial charge in [0.15, 0.2) is 0 Å². The van der Waals surface area contributed by atoms with E-state index in [1.54, 1.807) is 10.4 Å². The molecule has 0 fully saturated rings. The fraction of sp³-hybridized carbons (Fsp3) is 0.368. The van der Waals surface area contributed by atoms with Crippen molar-refractivity contribution in [2.24, 2.45) is 0 Å². The van der Waals surface area contributed by atoms with Crippen LogP contribution in [0.25, 0.3) is 0 Å². The van der Waals surface area contributed by atoms with E-state index in [1.807, 2.05) is 0 Å². The first-order chi connectivity index (χ1) is 10.3. The highest BCUT2D eigenvalue weighted by Crippen LogP contribution is 2.25. The minimum absolute atomic E-state index is 1.07. The maximum absolute atomic E-state index is 2.49. The molecule has 2 nitrogen and oxygen atoms in total. The molecule has 22 heavy (non-hydrogen) atoms. The summed E-state index contributed by atoms with van der Waals surface area (Å²) in [6, 6.07) is 14.0. The van der Waals surface area contributed by atoms with Crippen LogP contribution in [0.15, 0.2) is 36.4 Å². The lowest BCUT2D eigenvalue weighted by Crippen LogP contribution is -2.58. The Morgan fingerprint density at radius 1 is 0.727 bits per heavy atom. The number of fused-ring (bicyclic) bond motifs is 2. The van der Waals surface area contributed by atoms with Gasteiger partial charge in [0.2, 0.25) is 0 Å². The van der Waals surface area contributed by atoms with Crippen LogP contribution in [0.2, 0.25) is 13.1 Å². The Morgan fingerprint density at radius 3 is 1.50 bits per heavy atom. The van der Waals surface area contributed by atoms with E-state index in [1.165, 1.54) is 22.5 Å². The van der Waals surface area contributed by atoms with Crippen LogP contribution < -0.4 is 20.2 Å². The molecule has 1 heterocycles. The molecule has 0 aromatic heterocycles. The number of benzene rings is 2. The minimum Gasteiger partial charge on any atom is -0.378 e. The van der Waals surface area contributed by atoms with Gasteiger partial charge < -0.3 is 9.80 Å². The monoisotopic (exact) mass is 310 g/mol. The molecule has 0 amide bonds. The molecule has 0 aliphatic carbocycles. The molecule has 3 heteroatoms. The maximum Gasteiger partial charge on any atom is 0.113 e. The van der Waals surface area contributed by atoms with Crippen molar-refractivity contribution >= 4 is 29.8 Å². The second kappa shape index (κ2) is 5.16. The van der Waals surface area contributed by atoms with Crippen LogP contribution >= 0.6 is 0 Å². The Balaban J connectivity index is 2.16. The van der Waals surface area contributed by atoms with Crippen molar-refractivity contribution in [3.8, 4) is 0 Å². The van der Waals surface area contributed by atoms with E-state index in [9.17, 15) is 0 Å². The first-order valence-electron chi connectivity index (χ1n) is 7.92. The third-order valence-corrected chi connectivity index (χ3v) is 8.57. The maximum atomic E-state index is 2.49. The van der Waals surface area contributed by atoms with Crippen molar-refractivity contribution in [2.45, 2.75) is 19.5 Å². The summed E-state index contributed by atoms with van der Waals surface area (Å²) in [5, 5.41) is 3.20. The van der Waals surface area contributed by atoms with Gasteiger partial charge in [-0.05, 0) is 52.2 Å². The van der Waals surface area contributed by atoms with Crippen molar-refractivity contribution in [2.75, 3.05) is 38.0 Å². The largest absolute Gasteiger partial charge is 0.378 e. The molecule has 0 saturated heterocycles. The van der Waals surface area contributed by atoms with Gasteiger partial charge in [0.25, 0.3) is 0 Å². The fourth-order valence-corrected chi connectivity index (χ4v) is 6.76. The Morgan fingerprint density at radius 2 is 1.14 bits per heavy atom. The van der Waals surface area contributed by atoms with Crippen molar-refractivity contribution in [1.29, 1.82) is 0 Å². The zero-order valence-electron chi connectivity index (χ0n) is 14.6. The molecule has 3 rings (SSSR count). The van der Waals surface area contributed by atoms with Gasteiger partial charge in [0, 0.05) is 39.6 Å². The zero-order chi connectivity index (χ0) is 16.1. The molecule has 1 aliphatic rings. The molecule has 0 spiro atoms. The molecule has 0 saturated carbocycles. The van der Waals surface area contributed by atoms with Gasteiger partial charge in [-0.15, -0.1) is 0 Å². The summed E-state index contributed by atoms with van der Waals surface area (Å²) in [6.45, 7) is 4.98. The topological polar surface area (TPSA) is 6.48 Å². The summed E-state index contributed by atoms with van der Waals surface area (Å²) in [5.74, 6) is 0. The summed E-state index contributed by atoms with van der Waals surface area (Å²) < 4.78 is 0. The van der Waals surface area contributed by atoms with Crippen LogP contribution in [0, 0.1) is 0 Å². The molecular weight excluding hydrogens is 284 g/mol. The van der Waals surface area contributed by atoms with E-state index in [2.05, 4.69) is 87.5 Å². The summed E-state index contributed by atoms with van der Waals surface area (Å²) in [4.78, 5) is 4.41. The normalized spacial score (nSPS) is 15.0. The predicted octanol–water partition coefficient (Wildman–Crippen LogP) is 2.55. The van der Waals surface area contributed by atoms with Crippen LogP contribution in [-0.4, -0.2) is 36.3 Å². The van der Waals surface area contributed by atoms with Gasteiger partial charge in [-0.25, -0.2) is 0 Å². The number of hydrogen-bond donors (Lipinski definition) is 0. The van der Waals surface area contributed by atoms with Crippen LogP contribution in [0.1, 0.15) is 11.1 Å². The summed E-state index contributed by atoms with van der Waals surface area (Å²) >= 11 is 0. The Kier molecular flexibility index (Phi) is 3.56. The van der Waals surface area contributed by atoms with E-state index in [0.717, 1.165) is 6.42 Å². The van der Waals surface area contributed by atoms with Gasteiger partial charge in [-0.1, -0.05) is 25.2 Å². The quantitative estimate of drug-likeness (QED) is 0.787.